The molecule has 0 aromatic heterocycles. The second kappa shape index (κ2) is 5.97. The van der Waals surface area contributed by atoms with Crippen LogP contribution in [0.15, 0.2) is 0 Å². The van der Waals surface area contributed by atoms with E-state index >= 15 is 0 Å². The van der Waals surface area contributed by atoms with Crippen LogP contribution in [0.3, 0.4) is 0 Å². The lowest BCUT2D eigenvalue weighted by Crippen LogP contribution is -2.37. The van der Waals surface area contributed by atoms with Crippen LogP contribution in [-0.2, 0) is 0 Å². The molecule has 1 unspecified atom stereocenters. The molecule has 0 heterocycles. The summed E-state index contributed by atoms with van der Waals surface area (Å²) in [6.07, 6.45) is 1.75. The number of nitrogens with two attached hydrogens (primary N) is 1. The van der Waals surface area contributed by atoms with Crippen LogP contribution >= 0.6 is 0 Å². The Hall–Kier alpha value is -0.570. The van der Waals surface area contributed by atoms with Crippen LogP contribution in [0.2, 0.25) is 0 Å². The summed E-state index contributed by atoms with van der Waals surface area (Å²) < 4.78 is 0. The van der Waals surface area contributed by atoms with Gasteiger partial charge in [0.25, 0.3) is 0 Å². The summed E-state index contributed by atoms with van der Waals surface area (Å²) in [5.41, 5.74) is 5.39. The number of hydrogen-bond acceptors (Lipinski definition) is 2. The Kier molecular flexibility index (Phi) is 5.71. The van der Waals surface area contributed by atoms with Crippen molar-refractivity contribution < 1.29 is 0 Å². The average molecular weight is 185 g/mol. The summed E-state index contributed by atoms with van der Waals surface area (Å²) in [6.45, 7) is 7.63. The normalized spacial score (nSPS) is 13.7. The van der Waals surface area contributed by atoms with Crippen LogP contribution in [0, 0.1) is 11.3 Å². The minimum absolute atomic E-state index is 0.294. The molecule has 0 aliphatic rings. The van der Waals surface area contributed by atoms with Gasteiger partial charge >= 0.3 is 0 Å². The third-order valence-corrected chi connectivity index (χ3v) is 2.20. The van der Waals surface area contributed by atoms with Gasteiger partial charge in [0, 0.05) is 19.0 Å². The molecule has 0 fully saturated rings. The molecule has 0 spiro atoms. The minimum atomic E-state index is 0.294. The summed E-state index contributed by atoms with van der Waals surface area (Å²) in [5.74, 6) is 0.966. The fourth-order valence-corrected chi connectivity index (χ4v) is 1.59. The van der Waals surface area contributed by atoms with Crippen molar-refractivity contribution >= 4 is 5.84 Å². The molecule has 3 heteroatoms. The molecule has 0 bridgehead atoms. The Morgan fingerprint density at radius 3 is 2.31 bits per heavy atom. The van der Waals surface area contributed by atoms with E-state index in [1.165, 1.54) is 0 Å². The van der Waals surface area contributed by atoms with Crippen LogP contribution in [0.1, 0.15) is 33.6 Å². The van der Waals surface area contributed by atoms with Gasteiger partial charge in [0.15, 0.2) is 0 Å². The number of nitrogens with one attached hydrogen (secondary N) is 1. The van der Waals surface area contributed by atoms with Crippen molar-refractivity contribution in [2.75, 3.05) is 13.6 Å². The molecule has 13 heavy (non-hydrogen) atoms. The maximum absolute atomic E-state index is 7.25. The van der Waals surface area contributed by atoms with Gasteiger partial charge in [-0.05, 0) is 19.4 Å². The maximum Gasteiger partial charge on any atom is 0.0921 e. The zero-order chi connectivity index (χ0) is 10.4. The summed E-state index contributed by atoms with van der Waals surface area (Å²) >= 11 is 0. The second-order valence-electron chi connectivity index (χ2n) is 4.12. The lowest BCUT2D eigenvalue weighted by Gasteiger charge is -2.28. The molecular weight excluding hydrogens is 162 g/mol. The summed E-state index contributed by atoms with van der Waals surface area (Å²) in [4.78, 5) is 2.30. The van der Waals surface area contributed by atoms with Crippen LogP contribution in [0.5, 0.6) is 0 Å². The van der Waals surface area contributed by atoms with Gasteiger partial charge in [-0.15, -0.1) is 0 Å². The molecule has 0 saturated carbocycles. The number of amidine groups is 1. The van der Waals surface area contributed by atoms with Gasteiger partial charge in [-0.2, -0.15) is 0 Å². The molecular formula is C10H23N3. The highest BCUT2D eigenvalue weighted by Gasteiger charge is 2.14. The quantitative estimate of drug-likeness (QED) is 0.488. The van der Waals surface area contributed by atoms with Crippen LogP contribution < -0.4 is 5.73 Å². The van der Waals surface area contributed by atoms with E-state index in [4.69, 9.17) is 11.1 Å². The Labute approximate surface area is 81.8 Å². The molecule has 0 saturated heterocycles. The molecule has 1 atom stereocenters. The van der Waals surface area contributed by atoms with Gasteiger partial charge in [0.2, 0.25) is 0 Å². The van der Waals surface area contributed by atoms with E-state index in [9.17, 15) is 0 Å². The third-order valence-electron chi connectivity index (χ3n) is 2.20. The first-order valence-electron chi connectivity index (χ1n) is 5.00. The third kappa shape index (κ3) is 5.64. The van der Waals surface area contributed by atoms with Crippen molar-refractivity contribution in [1.29, 1.82) is 5.41 Å². The van der Waals surface area contributed by atoms with E-state index in [0.29, 0.717) is 24.2 Å². The zero-order valence-corrected chi connectivity index (χ0v) is 9.30. The highest BCUT2D eigenvalue weighted by molar-refractivity contribution is 5.77. The minimum Gasteiger partial charge on any atom is -0.388 e. The molecule has 3 nitrogen and oxygen atoms in total. The number of rotatable bonds is 6. The lowest BCUT2D eigenvalue weighted by atomic mass is 10.1. The van der Waals surface area contributed by atoms with Crippen molar-refractivity contribution in [1.82, 2.24) is 4.90 Å². The largest absolute Gasteiger partial charge is 0.388 e. The number of nitrogens with zero attached hydrogens (tertiary/aromatic N) is 1. The van der Waals surface area contributed by atoms with Gasteiger partial charge in [-0.3, -0.25) is 5.41 Å². The molecule has 0 aliphatic heterocycles. The first-order valence-corrected chi connectivity index (χ1v) is 5.00. The van der Waals surface area contributed by atoms with Crippen molar-refractivity contribution in [2.24, 2.45) is 11.7 Å². The predicted octanol–water partition coefficient (Wildman–Crippen LogP) is 1.68. The topological polar surface area (TPSA) is 53.1 Å². The van der Waals surface area contributed by atoms with Crippen molar-refractivity contribution in [2.45, 2.75) is 39.7 Å². The fraction of sp³-hybridized carbons (Fsp3) is 0.900. The first kappa shape index (κ1) is 12.4. The van der Waals surface area contributed by atoms with E-state index in [0.717, 1.165) is 13.0 Å². The van der Waals surface area contributed by atoms with Crippen molar-refractivity contribution in [3.05, 3.63) is 0 Å². The van der Waals surface area contributed by atoms with Crippen molar-refractivity contribution in [3.63, 3.8) is 0 Å². The molecule has 78 valence electrons. The Morgan fingerprint density at radius 2 is 2.00 bits per heavy atom. The van der Waals surface area contributed by atoms with Crippen LogP contribution in [-0.4, -0.2) is 30.4 Å². The lowest BCUT2D eigenvalue weighted by molar-refractivity contribution is 0.216. The Bertz CT molecular complexity index is 154. The Balaban J connectivity index is 3.98. The van der Waals surface area contributed by atoms with Gasteiger partial charge in [-0.1, -0.05) is 20.8 Å². The van der Waals surface area contributed by atoms with Gasteiger partial charge in [0.05, 0.1) is 5.84 Å². The molecule has 0 radical (unpaired) electrons. The summed E-state index contributed by atoms with van der Waals surface area (Å²) in [5, 5.41) is 7.25. The SMILES string of the molecule is CCC(CC(=N)N)N(C)CC(C)C. The molecule has 0 rings (SSSR count). The average Bonchev–Trinajstić information content (AvgIpc) is 1.98. The van der Waals surface area contributed by atoms with Crippen molar-refractivity contribution in [3.8, 4) is 0 Å². The molecule has 0 aromatic carbocycles. The molecule has 3 N–H and O–H groups in total. The van der Waals surface area contributed by atoms with E-state index < -0.39 is 0 Å². The second-order valence-corrected chi connectivity index (χ2v) is 4.12. The smallest absolute Gasteiger partial charge is 0.0921 e. The molecule has 0 aromatic rings. The van der Waals surface area contributed by atoms with Crippen LogP contribution in [0.25, 0.3) is 0 Å². The Morgan fingerprint density at radius 1 is 1.46 bits per heavy atom. The maximum atomic E-state index is 7.25. The molecule has 0 amide bonds. The van der Waals surface area contributed by atoms with Crippen LogP contribution in [0.4, 0.5) is 0 Å². The van der Waals surface area contributed by atoms with Gasteiger partial charge < -0.3 is 10.6 Å². The summed E-state index contributed by atoms with van der Waals surface area (Å²) in [7, 11) is 2.11. The van der Waals surface area contributed by atoms with Gasteiger partial charge in [-0.25, -0.2) is 0 Å². The summed E-state index contributed by atoms with van der Waals surface area (Å²) in [6, 6.07) is 0.430. The number of hydrogen-bond donors (Lipinski definition) is 2. The standard InChI is InChI=1S/C10H23N3/c1-5-9(6-10(11)12)13(4)7-8(2)3/h8-9H,5-7H2,1-4H3,(H3,11,12). The van der Waals surface area contributed by atoms with E-state index in [1.807, 2.05) is 0 Å². The molecule has 0 aliphatic carbocycles. The predicted molar refractivity (Wildman–Crippen MR) is 58.1 cm³/mol. The highest BCUT2D eigenvalue weighted by Crippen LogP contribution is 2.08. The van der Waals surface area contributed by atoms with Gasteiger partial charge in [0.1, 0.15) is 0 Å². The first-order chi connectivity index (χ1) is 5.97. The van der Waals surface area contributed by atoms with E-state index in [2.05, 4.69) is 32.7 Å². The fourth-order valence-electron chi connectivity index (χ4n) is 1.59. The monoisotopic (exact) mass is 185 g/mol. The van der Waals surface area contributed by atoms with E-state index in [1.54, 1.807) is 0 Å². The van der Waals surface area contributed by atoms with E-state index in [-0.39, 0.29) is 0 Å². The highest BCUT2D eigenvalue weighted by atomic mass is 15.1. The zero-order valence-electron chi connectivity index (χ0n) is 9.30.